The minimum atomic E-state index is -4.48. The second-order valence-electron chi connectivity index (χ2n) is 5.82. The zero-order chi connectivity index (χ0) is 17.8. The van der Waals surface area contributed by atoms with Crippen LogP contribution in [0.3, 0.4) is 0 Å². The number of hydrogen-bond donors (Lipinski definition) is 2. The molecule has 0 heterocycles. The van der Waals surface area contributed by atoms with Gasteiger partial charge in [-0.1, -0.05) is 19.3 Å². The number of carbonyl (C=O) groups excluding carboxylic acids is 1. The van der Waals surface area contributed by atoms with Gasteiger partial charge in [-0.2, -0.15) is 13.2 Å². The topological polar surface area (TPSA) is 67.8 Å². The zero-order valence-electron chi connectivity index (χ0n) is 13.3. The molecule has 0 bridgehead atoms. The van der Waals surface area contributed by atoms with Gasteiger partial charge in [-0.15, -0.1) is 0 Å². The van der Waals surface area contributed by atoms with Crippen molar-refractivity contribution in [2.75, 3.05) is 19.0 Å². The highest BCUT2D eigenvalue weighted by Crippen LogP contribution is 2.33. The van der Waals surface area contributed by atoms with Crippen LogP contribution in [0.4, 0.5) is 18.9 Å². The summed E-state index contributed by atoms with van der Waals surface area (Å²) < 4.78 is 46.6. The van der Waals surface area contributed by atoms with E-state index < -0.39 is 24.3 Å². The molecule has 1 fully saturated rings. The van der Waals surface area contributed by atoms with Crippen LogP contribution in [-0.4, -0.2) is 36.5 Å². The summed E-state index contributed by atoms with van der Waals surface area (Å²) in [5, 5.41) is 12.9. The Balaban J connectivity index is 2.11. The van der Waals surface area contributed by atoms with Crippen LogP contribution in [-0.2, 0) is 4.79 Å². The molecule has 0 saturated heterocycles. The molecule has 2 rings (SSSR count). The number of benzene rings is 1. The summed E-state index contributed by atoms with van der Waals surface area (Å²) in [6, 6.07) is 4.12. The number of methoxy groups -OCH3 is 1. The van der Waals surface area contributed by atoms with Gasteiger partial charge >= 0.3 is 6.18 Å². The first-order chi connectivity index (χ1) is 11.2. The Bertz CT molecular complexity index is 583. The number of carbonyl (C=O) groups is 1. The lowest BCUT2D eigenvalue weighted by Gasteiger charge is -2.30. The molecule has 8 heteroatoms. The minimum absolute atomic E-state index is 0.119. The normalized spacial score (nSPS) is 17.2. The van der Waals surface area contributed by atoms with Gasteiger partial charge in [0.15, 0.2) is 18.1 Å². The number of halogens is 3. The third kappa shape index (κ3) is 4.77. The van der Waals surface area contributed by atoms with Crippen LogP contribution >= 0.6 is 0 Å². The summed E-state index contributed by atoms with van der Waals surface area (Å²) in [5.74, 6) is -0.578. The van der Waals surface area contributed by atoms with Gasteiger partial charge in [0.05, 0.1) is 7.11 Å². The van der Waals surface area contributed by atoms with Gasteiger partial charge < -0.3 is 19.9 Å². The van der Waals surface area contributed by atoms with E-state index in [-0.39, 0.29) is 17.2 Å². The standard InChI is InChI=1S/C16H20F3NO4/c1-23-12-6-5-11(9-13(12)24-10-16(17,18)19)20-14(21)15(22)7-3-2-4-8-15/h5-6,9,22H,2-4,7-8,10H2,1H3,(H,20,21). The summed E-state index contributed by atoms with van der Waals surface area (Å²) in [5.41, 5.74) is -1.21. The molecule has 0 atom stereocenters. The van der Waals surface area contributed by atoms with Crippen LogP contribution in [0.2, 0.25) is 0 Å². The highest BCUT2D eigenvalue weighted by atomic mass is 19.4. The van der Waals surface area contributed by atoms with Crippen LogP contribution in [0.15, 0.2) is 18.2 Å². The average Bonchev–Trinajstić information content (AvgIpc) is 2.53. The molecule has 0 unspecified atom stereocenters. The van der Waals surface area contributed by atoms with E-state index in [9.17, 15) is 23.1 Å². The number of anilines is 1. The number of ether oxygens (including phenoxy) is 2. The smallest absolute Gasteiger partial charge is 0.422 e. The highest BCUT2D eigenvalue weighted by Gasteiger charge is 2.37. The molecular formula is C16H20F3NO4. The molecule has 0 spiro atoms. The molecule has 1 aliphatic carbocycles. The molecule has 134 valence electrons. The van der Waals surface area contributed by atoms with Crippen LogP contribution < -0.4 is 14.8 Å². The van der Waals surface area contributed by atoms with Gasteiger partial charge in [-0.25, -0.2) is 0 Å². The lowest BCUT2D eigenvalue weighted by molar-refractivity contribution is -0.153. The molecule has 1 aromatic rings. The largest absolute Gasteiger partial charge is 0.493 e. The quantitative estimate of drug-likeness (QED) is 0.858. The highest BCUT2D eigenvalue weighted by molar-refractivity contribution is 5.97. The third-order valence-electron chi connectivity index (χ3n) is 3.92. The Morgan fingerprint density at radius 3 is 2.50 bits per heavy atom. The fourth-order valence-electron chi connectivity index (χ4n) is 2.64. The average molecular weight is 347 g/mol. The number of alkyl halides is 3. The van der Waals surface area contributed by atoms with Crippen molar-refractivity contribution in [1.29, 1.82) is 0 Å². The number of hydrogen-bond acceptors (Lipinski definition) is 4. The maximum Gasteiger partial charge on any atom is 0.422 e. The monoisotopic (exact) mass is 347 g/mol. The lowest BCUT2D eigenvalue weighted by Crippen LogP contribution is -2.44. The van der Waals surface area contributed by atoms with Crippen LogP contribution in [0, 0.1) is 0 Å². The second kappa shape index (κ2) is 7.29. The van der Waals surface area contributed by atoms with Crippen molar-refractivity contribution in [2.45, 2.75) is 43.9 Å². The minimum Gasteiger partial charge on any atom is -0.493 e. The van der Waals surface area contributed by atoms with Crippen LogP contribution in [0.5, 0.6) is 11.5 Å². The molecule has 1 aromatic carbocycles. The number of rotatable bonds is 5. The third-order valence-corrected chi connectivity index (χ3v) is 3.92. The fourth-order valence-corrected chi connectivity index (χ4v) is 2.64. The molecule has 1 aliphatic rings. The number of aliphatic hydroxyl groups is 1. The molecule has 0 aliphatic heterocycles. The summed E-state index contributed by atoms with van der Waals surface area (Å²) in [4.78, 5) is 12.3. The van der Waals surface area contributed by atoms with Crippen molar-refractivity contribution in [3.8, 4) is 11.5 Å². The lowest BCUT2D eigenvalue weighted by atomic mass is 9.84. The Morgan fingerprint density at radius 1 is 1.25 bits per heavy atom. The van der Waals surface area contributed by atoms with Crippen molar-refractivity contribution in [1.82, 2.24) is 0 Å². The van der Waals surface area contributed by atoms with Crippen molar-refractivity contribution in [3.63, 3.8) is 0 Å². The molecule has 0 radical (unpaired) electrons. The van der Waals surface area contributed by atoms with E-state index in [0.29, 0.717) is 12.8 Å². The SMILES string of the molecule is COc1ccc(NC(=O)C2(O)CCCCC2)cc1OCC(F)(F)F. The van der Waals surface area contributed by atoms with Gasteiger partial charge in [0.25, 0.3) is 5.91 Å². The van der Waals surface area contributed by atoms with Gasteiger partial charge in [0.2, 0.25) is 0 Å². The molecular weight excluding hydrogens is 327 g/mol. The van der Waals surface area contributed by atoms with Crippen LogP contribution in [0.25, 0.3) is 0 Å². The van der Waals surface area contributed by atoms with E-state index in [0.717, 1.165) is 19.3 Å². The summed E-state index contributed by atoms with van der Waals surface area (Å²) >= 11 is 0. The van der Waals surface area contributed by atoms with Crippen LogP contribution in [0.1, 0.15) is 32.1 Å². The van der Waals surface area contributed by atoms with Gasteiger partial charge in [-0.05, 0) is 25.0 Å². The van der Waals surface area contributed by atoms with Crippen molar-refractivity contribution < 1.29 is 32.5 Å². The molecule has 1 saturated carbocycles. The maximum atomic E-state index is 12.3. The summed E-state index contributed by atoms with van der Waals surface area (Å²) in [6.07, 6.45) is -1.27. The first kappa shape index (κ1) is 18.4. The Hall–Kier alpha value is -1.96. The van der Waals surface area contributed by atoms with Gasteiger partial charge in [0, 0.05) is 11.8 Å². The van der Waals surface area contributed by atoms with Gasteiger partial charge in [0.1, 0.15) is 5.60 Å². The Morgan fingerprint density at radius 2 is 1.92 bits per heavy atom. The van der Waals surface area contributed by atoms with E-state index in [4.69, 9.17) is 9.47 Å². The van der Waals surface area contributed by atoms with Gasteiger partial charge in [-0.3, -0.25) is 4.79 Å². The number of nitrogens with one attached hydrogen (secondary N) is 1. The molecule has 5 nitrogen and oxygen atoms in total. The first-order valence-electron chi connectivity index (χ1n) is 7.65. The summed E-state index contributed by atoms with van der Waals surface area (Å²) in [6.45, 7) is -1.47. The predicted octanol–water partition coefficient (Wildman–Crippen LogP) is 3.27. The zero-order valence-corrected chi connectivity index (χ0v) is 13.3. The first-order valence-corrected chi connectivity index (χ1v) is 7.65. The predicted molar refractivity (Wildman–Crippen MR) is 81.2 cm³/mol. The van der Waals surface area contributed by atoms with E-state index in [1.807, 2.05) is 0 Å². The Kier molecular flexibility index (Phi) is 5.58. The Labute approximate surface area is 137 Å². The maximum absolute atomic E-state index is 12.3. The fraction of sp³-hybridized carbons (Fsp3) is 0.562. The van der Waals surface area contributed by atoms with Crippen molar-refractivity contribution >= 4 is 11.6 Å². The second-order valence-corrected chi connectivity index (χ2v) is 5.82. The molecule has 24 heavy (non-hydrogen) atoms. The van der Waals surface area contributed by atoms with E-state index in [2.05, 4.69) is 5.32 Å². The van der Waals surface area contributed by atoms with E-state index in [1.54, 1.807) is 0 Å². The molecule has 0 aromatic heterocycles. The summed E-state index contributed by atoms with van der Waals surface area (Å²) in [7, 11) is 1.30. The van der Waals surface area contributed by atoms with Crippen molar-refractivity contribution in [3.05, 3.63) is 18.2 Å². The number of amides is 1. The van der Waals surface area contributed by atoms with E-state index >= 15 is 0 Å². The molecule has 2 N–H and O–H groups in total. The van der Waals surface area contributed by atoms with Crippen molar-refractivity contribution in [2.24, 2.45) is 0 Å². The molecule has 1 amide bonds. The van der Waals surface area contributed by atoms with E-state index in [1.165, 1.54) is 25.3 Å².